The second-order valence-electron chi connectivity index (χ2n) is 5.24. The van der Waals surface area contributed by atoms with E-state index in [2.05, 4.69) is 11.1 Å². The molecule has 1 aromatic heterocycles. The molecular weight excluding hydrogens is 238 g/mol. The van der Waals surface area contributed by atoms with Crippen LogP contribution >= 0.6 is 0 Å². The van der Waals surface area contributed by atoms with Crippen LogP contribution in [0.25, 0.3) is 10.9 Å². The summed E-state index contributed by atoms with van der Waals surface area (Å²) in [5.41, 5.74) is 2.16. The van der Waals surface area contributed by atoms with Gasteiger partial charge in [0.1, 0.15) is 0 Å². The van der Waals surface area contributed by atoms with Crippen LogP contribution in [0.2, 0.25) is 0 Å². The first kappa shape index (κ1) is 12.6. The number of aliphatic hydroxyl groups excluding tert-OH is 1. The van der Waals surface area contributed by atoms with Crippen molar-refractivity contribution >= 4 is 10.9 Å². The lowest BCUT2D eigenvalue weighted by Crippen LogP contribution is -2.30. The second kappa shape index (κ2) is 5.68. The van der Waals surface area contributed by atoms with Crippen LogP contribution in [0.15, 0.2) is 36.5 Å². The molecule has 19 heavy (non-hydrogen) atoms. The van der Waals surface area contributed by atoms with Crippen LogP contribution in [0.3, 0.4) is 0 Å². The Morgan fingerprint density at radius 2 is 2.21 bits per heavy atom. The Hall–Kier alpha value is -1.45. The van der Waals surface area contributed by atoms with Crippen molar-refractivity contribution in [3.8, 4) is 0 Å². The van der Waals surface area contributed by atoms with Gasteiger partial charge in [-0.1, -0.05) is 18.2 Å². The summed E-state index contributed by atoms with van der Waals surface area (Å²) >= 11 is 0. The molecule has 1 saturated heterocycles. The maximum Gasteiger partial charge on any atom is 0.0704 e. The van der Waals surface area contributed by atoms with Crippen molar-refractivity contribution in [1.29, 1.82) is 0 Å². The predicted molar refractivity (Wildman–Crippen MR) is 75.0 cm³/mol. The van der Waals surface area contributed by atoms with Crippen LogP contribution in [0.4, 0.5) is 0 Å². The van der Waals surface area contributed by atoms with Gasteiger partial charge in [0.15, 0.2) is 0 Å². The van der Waals surface area contributed by atoms with Crippen LogP contribution in [0.5, 0.6) is 0 Å². The molecule has 0 saturated carbocycles. The molecule has 1 aliphatic rings. The third kappa shape index (κ3) is 2.77. The van der Waals surface area contributed by atoms with Crippen molar-refractivity contribution in [2.75, 3.05) is 13.2 Å². The Kier molecular flexibility index (Phi) is 3.76. The SMILES string of the molecule is OC(Cc1ccnc2ccccc12)C1CCCOC1. The van der Waals surface area contributed by atoms with Crippen molar-refractivity contribution < 1.29 is 9.84 Å². The minimum absolute atomic E-state index is 0.265. The fourth-order valence-corrected chi connectivity index (χ4v) is 2.79. The molecule has 2 atom stereocenters. The number of rotatable bonds is 3. The van der Waals surface area contributed by atoms with Gasteiger partial charge < -0.3 is 9.84 Å². The summed E-state index contributed by atoms with van der Waals surface area (Å²) in [5.74, 6) is 0.265. The average molecular weight is 257 g/mol. The van der Waals surface area contributed by atoms with Crippen LogP contribution in [-0.4, -0.2) is 29.4 Å². The van der Waals surface area contributed by atoms with Gasteiger partial charge in [-0.2, -0.15) is 0 Å². The fourth-order valence-electron chi connectivity index (χ4n) is 2.79. The number of ether oxygens (including phenoxy) is 1. The molecule has 0 radical (unpaired) electrons. The second-order valence-corrected chi connectivity index (χ2v) is 5.24. The van der Waals surface area contributed by atoms with E-state index in [1.165, 1.54) is 5.56 Å². The number of benzene rings is 1. The Morgan fingerprint density at radius 3 is 3.05 bits per heavy atom. The average Bonchev–Trinajstić information content (AvgIpc) is 2.48. The maximum absolute atomic E-state index is 10.4. The first-order valence-corrected chi connectivity index (χ1v) is 6.93. The minimum atomic E-state index is -0.328. The number of nitrogens with zero attached hydrogens (tertiary/aromatic N) is 1. The quantitative estimate of drug-likeness (QED) is 0.919. The van der Waals surface area contributed by atoms with Gasteiger partial charge in [0.25, 0.3) is 0 Å². The monoisotopic (exact) mass is 257 g/mol. The molecule has 1 N–H and O–H groups in total. The fraction of sp³-hybridized carbons (Fsp3) is 0.438. The topological polar surface area (TPSA) is 42.4 Å². The van der Waals surface area contributed by atoms with Gasteiger partial charge in [-0.25, -0.2) is 0 Å². The van der Waals surface area contributed by atoms with Gasteiger partial charge >= 0.3 is 0 Å². The molecular formula is C16H19NO2. The lowest BCUT2D eigenvalue weighted by Gasteiger charge is -2.27. The summed E-state index contributed by atoms with van der Waals surface area (Å²) in [6.45, 7) is 1.52. The van der Waals surface area contributed by atoms with Gasteiger partial charge in [-0.15, -0.1) is 0 Å². The van der Waals surface area contributed by atoms with E-state index in [1.807, 2.05) is 30.5 Å². The number of pyridine rings is 1. The zero-order valence-corrected chi connectivity index (χ0v) is 11.0. The molecule has 0 bridgehead atoms. The van der Waals surface area contributed by atoms with E-state index in [-0.39, 0.29) is 12.0 Å². The standard InChI is InChI=1S/C16H19NO2/c18-16(13-4-3-9-19-11-13)10-12-7-8-17-15-6-2-1-5-14(12)15/h1-2,5-8,13,16,18H,3-4,9-11H2. The Balaban J connectivity index is 1.80. The number of aliphatic hydroxyl groups is 1. The van der Waals surface area contributed by atoms with E-state index in [1.54, 1.807) is 0 Å². The lowest BCUT2D eigenvalue weighted by atomic mass is 9.91. The molecule has 2 heterocycles. The van der Waals surface area contributed by atoms with Crippen LogP contribution in [0.1, 0.15) is 18.4 Å². The number of hydrogen-bond donors (Lipinski definition) is 1. The molecule has 0 amide bonds. The van der Waals surface area contributed by atoms with E-state index in [0.717, 1.165) is 30.4 Å². The highest BCUT2D eigenvalue weighted by Crippen LogP contribution is 2.23. The highest BCUT2D eigenvalue weighted by Gasteiger charge is 2.23. The molecule has 2 unspecified atom stereocenters. The van der Waals surface area contributed by atoms with Crippen molar-refractivity contribution in [2.24, 2.45) is 5.92 Å². The highest BCUT2D eigenvalue weighted by atomic mass is 16.5. The first-order valence-electron chi connectivity index (χ1n) is 6.93. The molecule has 3 heteroatoms. The van der Waals surface area contributed by atoms with Crippen molar-refractivity contribution in [1.82, 2.24) is 4.98 Å². The summed E-state index contributed by atoms with van der Waals surface area (Å²) < 4.78 is 5.46. The zero-order valence-electron chi connectivity index (χ0n) is 11.0. The molecule has 3 nitrogen and oxygen atoms in total. The van der Waals surface area contributed by atoms with Crippen molar-refractivity contribution in [3.05, 3.63) is 42.1 Å². The van der Waals surface area contributed by atoms with E-state index in [4.69, 9.17) is 4.74 Å². The molecule has 3 rings (SSSR count). The number of hydrogen-bond acceptors (Lipinski definition) is 3. The molecule has 100 valence electrons. The van der Waals surface area contributed by atoms with E-state index >= 15 is 0 Å². The molecule has 1 aromatic carbocycles. The van der Waals surface area contributed by atoms with Crippen molar-refractivity contribution in [2.45, 2.75) is 25.4 Å². The summed E-state index contributed by atoms with van der Waals surface area (Å²) in [7, 11) is 0. The minimum Gasteiger partial charge on any atom is -0.392 e. The van der Waals surface area contributed by atoms with E-state index in [0.29, 0.717) is 13.0 Å². The predicted octanol–water partition coefficient (Wildman–Crippen LogP) is 2.56. The maximum atomic E-state index is 10.4. The highest BCUT2D eigenvalue weighted by molar-refractivity contribution is 5.81. The van der Waals surface area contributed by atoms with Gasteiger partial charge in [-0.05, 0) is 37.0 Å². The van der Waals surface area contributed by atoms with E-state index in [9.17, 15) is 5.11 Å². The van der Waals surface area contributed by atoms with Crippen LogP contribution < -0.4 is 0 Å². The third-order valence-corrected chi connectivity index (χ3v) is 3.91. The smallest absolute Gasteiger partial charge is 0.0704 e. The summed E-state index contributed by atoms with van der Waals surface area (Å²) in [4.78, 5) is 4.36. The van der Waals surface area contributed by atoms with Crippen LogP contribution in [0, 0.1) is 5.92 Å². The number of para-hydroxylation sites is 1. The molecule has 1 fully saturated rings. The third-order valence-electron chi connectivity index (χ3n) is 3.91. The zero-order chi connectivity index (χ0) is 13.1. The molecule has 2 aromatic rings. The lowest BCUT2D eigenvalue weighted by molar-refractivity contribution is -0.00836. The Labute approximate surface area is 113 Å². The summed E-state index contributed by atoms with van der Waals surface area (Å²) in [5, 5.41) is 11.5. The molecule has 1 aliphatic heterocycles. The first-order chi connectivity index (χ1) is 9.34. The van der Waals surface area contributed by atoms with Crippen LogP contribution in [-0.2, 0) is 11.2 Å². The van der Waals surface area contributed by atoms with Gasteiger partial charge in [0.05, 0.1) is 18.2 Å². The van der Waals surface area contributed by atoms with Gasteiger partial charge in [0, 0.05) is 24.1 Å². The van der Waals surface area contributed by atoms with Gasteiger partial charge in [0.2, 0.25) is 0 Å². The van der Waals surface area contributed by atoms with Crippen molar-refractivity contribution in [3.63, 3.8) is 0 Å². The number of aromatic nitrogens is 1. The Bertz CT molecular complexity index is 544. The van der Waals surface area contributed by atoms with E-state index < -0.39 is 0 Å². The summed E-state index contributed by atoms with van der Waals surface area (Å²) in [6.07, 6.45) is 4.29. The summed E-state index contributed by atoms with van der Waals surface area (Å²) in [6, 6.07) is 10.1. The molecule has 0 aliphatic carbocycles. The Morgan fingerprint density at radius 1 is 1.32 bits per heavy atom. The normalized spacial score (nSPS) is 21.4. The number of fused-ring (bicyclic) bond motifs is 1. The van der Waals surface area contributed by atoms with Gasteiger partial charge in [-0.3, -0.25) is 4.98 Å². The largest absolute Gasteiger partial charge is 0.392 e. The molecule has 0 spiro atoms.